The second-order valence-electron chi connectivity index (χ2n) is 3.61. The lowest BCUT2D eigenvalue weighted by Crippen LogP contribution is -2.38. The van der Waals surface area contributed by atoms with Gasteiger partial charge in [0.25, 0.3) is 0 Å². The van der Waals surface area contributed by atoms with E-state index in [0.29, 0.717) is 0 Å². The molecular formula is C8H11N3O5. The standard InChI is InChI=1S/C8H11N3O5/c1-8(14,7(12)13)3-5-6(11(15)16)4-9-10(5)2/h4,14H,3H2,1-2H3,(H,12,13). The molecule has 16 heavy (non-hydrogen) atoms. The number of aliphatic carboxylic acids is 1. The quantitative estimate of drug-likeness (QED) is 0.540. The first-order chi connectivity index (χ1) is 7.25. The minimum atomic E-state index is -2.06. The highest BCUT2D eigenvalue weighted by atomic mass is 16.6. The average molecular weight is 229 g/mol. The molecule has 1 rings (SSSR count). The van der Waals surface area contributed by atoms with E-state index in [9.17, 15) is 20.0 Å². The monoisotopic (exact) mass is 229 g/mol. The fourth-order valence-electron chi connectivity index (χ4n) is 1.21. The molecule has 0 aliphatic carbocycles. The molecule has 1 unspecified atom stereocenters. The minimum absolute atomic E-state index is 0.0670. The second-order valence-corrected chi connectivity index (χ2v) is 3.61. The van der Waals surface area contributed by atoms with Crippen molar-refractivity contribution in [2.24, 2.45) is 7.05 Å². The van der Waals surface area contributed by atoms with Gasteiger partial charge in [0.05, 0.1) is 4.92 Å². The molecule has 0 spiro atoms. The topological polar surface area (TPSA) is 118 Å². The van der Waals surface area contributed by atoms with Crippen molar-refractivity contribution < 1.29 is 19.9 Å². The maximum absolute atomic E-state index is 10.7. The highest BCUT2D eigenvalue weighted by Gasteiger charge is 2.34. The third-order valence-electron chi connectivity index (χ3n) is 2.21. The summed E-state index contributed by atoms with van der Waals surface area (Å²) in [4.78, 5) is 20.6. The fourth-order valence-corrected chi connectivity index (χ4v) is 1.21. The first-order valence-corrected chi connectivity index (χ1v) is 4.36. The second kappa shape index (κ2) is 3.89. The molecule has 0 saturated carbocycles. The number of carbonyl (C=O) groups is 1. The molecule has 0 fully saturated rings. The lowest BCUT2D eigenvalue weighted by atomic mass is 10.00. The summed E-state index contributed by atoms with van der Waals surface area (Å²) < 4.78 is 1.18. The van der Waals surface area contributed by atoms with Crippen LogP contribution in [-0.2, 0) is 18.3 Å². The molecule has 0 aromatic carbocycles. The lowest BCUT2D eigenvalue weighted by molar-refractivity contribution is -0.385. The van der Waals surface area contributed by atoms with Crippen molar-refractivity contribution in [1.82, 2.24) is 9.78 Å². The van der Waals surface area contributed by atoms with E-state index in [0.717, 1.165) is 13.1 Å². The third kappa shape index (κ3) is 2.16. The summed E-state index contributed by atoms with van der Waals surface area (Å²) in [6, 6.07) is 0. The molecule has 2 N–H and O–H groups in total. The Balaban J connectivity index is 3.10. The number of hydrogen-bond acceptors (Lipinski definition) is 5. The summed E-state index contributed by atoms with van der Waals surface area (Å²) in [7, 11) is 1.44. The first-order valence-electron chi connectivity index (χ1n) is 4.36. The van der Waals surface area contributed by atoms with Gasteiger partial charge in [0.15, 0.2) is 5.60 Å². The molecule has 1 aromatic heterocycles. The van der Waals surface area contributed by atoms with Crippen LogP contribution in [0.25, 0.3) is 0 Å². The number of nitrogens with zero attached hydrogens (tertiary/aromatic N) is 3. The molecule has 0 bridgehead atoms. The van der Waals surface area contributed by atoms with Crippen LogP contribution >= 0.6 is 0 Å². The largest absolute Gasteiger partial charge is 0.479 e. The minimum Gasteiger partial charge on any atom is -0.479 e. The Bertz CT molecular complexity index is 437. The van der Waals surface area contributed by atoms with Crippen molar-refractivity contribution >= 4 is 11.7 Å². The number of aliphatic hydroxyl groups is 1. The Kier molecular flexibility index (Phi) is 2.95. The van der Waals surface area contributed by atoms with Crippen LogP contribution in [0.4, 0.5) is 5.69 Å². The molecule has 0 amide bonds. The van der Waals surface area contributed by atoms with Gasteiger partial charge in [-0.25, -0.2) is 4.79 Å². The van der Waals surface area contributed by atoms with E-state index >= 15 is 0 Å². The van der Waals surface area contributed by atoms with Crippen LogP contribution in [0.5, 0.6) is 0 Å². The van der Waals surface area contributed by atoms with E-state index in [2.05, 4.69) is 5.10 Å². The maximum Gasteiger partial charge on any atom is 0.335 e. The van der Waals surface area contributed by atoms with Gasteiger partial charge >= 0.3 is 11.7 Å². The highest BCUT2D eigenvalue weighted by molar-refractivity contribution is 5.77. The number of aromatic nitrogens is 2. The van der Waals surface area contributed by atoms with Crippen molar-refractivity contribution in [2.75, 3.05) is 0 Å². The number of hydrogen-bond donors (Lipinski definition) is 2. The van der Waals surface area contributed by atoms with Crippen molar-refractivity contribution in [3.63, 3.8) is 0 Å². The summed E-state index contributed by atoms with van der Waals surface area (Å²) in [6.07, 6.45) is 0.641. The predicted molar refractivity (Wildman–Crippen MR) is 51.8 cm³/mol. The Morgan fingerprint density at radius 3 is 2.75 bits per heavy atom. The predicted octanol–water partition coefficient (Wildman–Crippen LogP) is -0.294. The van der Waals surface area contributed by atoms with Gasteiger partial charge in [-0.2, -0.15) is 5.10 Å². The van der Waals surface area contributed by atoms with Gasteiger partial charge in [0.2, 0.25) is 0 Å². The molecule has 0 radical (unpaired) electrons. The zero-order valence-corrected chi connectivity index (χ0v) is 8.75. The van der Waals surface area contributed by atoms with Crippen molar-refractivity contribution in [1.29, 1.82) is 0 Å². The van der Waals surface area contributed by atoms with E-state index in [4.69, 9.17) is 5.11 Å². The van der Waals surface area contributed by atoms with E-state index in [1.54, 1.807) is 0 Å². The summed E-state index contributed by atoms with van der Waals surface area (Å²) in [5.74, 6) is -1.44. The van der Waals surface area contributed by atoms with Crippen LogP contribution in [0.2, 0.25) is 0 Å². The number of aryl methyl sites for hydroxylation is 1. The molecule has 1 atom stereocenters. The summed E-state index contributed by atoms with van der Waals surface area (Å²) in [5.41, 5.74) is -2.29. The van der Waals surface area contributed by atoms with Gasteiger partial charge in [0, 0.05) is 13.5 Å². The van der Waals surface area contributed by atoms with Gasteiger partial charge in [-0.1, -0.05) is 0 Å². The fraction of sp³-hybridized carbons (Fsp3) is 0.500. The molecule has 1 aromatic rings. The van der Waals surface area contributed by atoms with Crippen LogP contribution in [0, 0.1) is 10.1 Å². The van der Waals surface area contributed by atoms with E-state index < -0.39 is 16.5 Å². The van der Waals surface area contributed by atoms with Crippen LogP contribution in [0.15, 0.2) is 6.20 Å². The Labute approximate surface area is 90.3 Å². The Hall–Kier alpha value is -1.96. The van der Waals surface area contributed by atoms with E-state index in [1.807, 2.05) is 0 Å². The third-order valence-corrected chi connectivity index (χ3v) is 2.21. The van der Waals surface area contributed by atoms with E-state index in [-0.39, 0.29) is 17.8 Å². The number of nitro groups is 1. The first kappa shape index (κ1) is 12.1. The summed E-state index contributed by atoms with van der Waals surface area (Å²) >= 11 is 0. The molecule has 8 nitrogen and oxygen atoms in total. The molecule has 1 heterocycles. The zero-order chi connectivity index (χ0) is 12.5. The highest BCUT2D eigenvalue weighted by Crippen LogP contribution is 2.22. The molecule has 0 saturated heterocycles. The van der Waals surface area contributed by atoms with Gasteiger partial charge in [-0.15, -0.1) is 0 Å². The van der Waals surface area contributed by atoms with Crippen LogP contribution in [-0.4, -0.2) is 36.5 Å². The molecule has 88 valence electrons. The van der Waals surface area contributed by atoms with Crippen molar-refractivity contribution in [2.45, 2.75) is 18.9 Å². The summed E-state index contributed by atoms with van der Waals surface area (Å²) in [6.45, 7) is 1.08. The molecule has 0 aliphatic rings. The SMILES string of the molecule is Cn1ncc([N+](=O)[O-])c1CC(C)(O)C(=O)O. The Morgan fingerprint density at radius 1 is 1.75 bits per heavy atom. The lowest BCUT2D eigenvalue weighted by Gasteiger charge is -2.16. The normalized spacial score (nSPS) is 14.4. The zero-order valence-electron chi connectivity index (χ0n) is 8.75. The molecule has 0 aliphatic heterocycles. The van der Waals surface area contributed by atoms with Crippen molar-refractivity contribution in [3.8, 4) is 0 Å². The van der Waals surface area contributed by atoms with Gasteiger partial charge in [-0.05, 0) is 6.92 Å². The van der Waals surface area contributed by atoms with Gasteiger partial charge in [-0.3, -0.25) is 14.8 Å². The van der Waals surface area contributed by atoms with Crippen molar-refractivity contribution in [3.05, 3.63) is 22.0 Å². The number of carboxylic acids is 1. The van der Waals surface area contributed by atoms with Gasteiger partial charge in [0.1, 0.15) is 11.9 Å². The molecule has 8 heteroatoms. The van der Waals surface area contributed by atoms with Crippen LogP contribution in [0.3, 0.4) is 0 Å². The number of rotatable bonds is 4. The molecular weight excluding hydrogens is 218 g/mol. The van der Waals surface area contributed by atoms with E-state index in [1.165, 1.54) is 11.7 Å². The average Bonchev–Trinajstić information content (AvgIpc) is 2.47. The summed E-state index contributed by atoms with van der Waals surface area (Å²) in [5, 5.41) is 32.5. The maximum atomic E-state index is 10.7. The number of carboxylic acid groups (broad SMARTS) is 1. The van der Waals surface area contributed by atoms with Crippen LogP contribution < -0.4 is 0 Å². The van der Waals surface area contributed by atoms with Gasteiger partial charge < -0.3 is 10.2 Å². The van der Waals surface area contributed by atoms with Crippen LogP contribution in [0.1, 0.15) is 12.6 Å². The smallest absolute Gasteiger partial charge is 0.335 e. The Morgan fingerprint density at radius 2 is 2.31 bits per heavy atom.